The van der Waals surface area contributed by atoms with Crippen LogP contribution >= 0.6 is 0 Å². The van der Waals surface area contributed by atoms with Crippen LogP contribution < -0.4 is 4.74 Å². The summed E-state index contributed by atoms with van der Waals surface area (Å²) in [6.07, 6.45) is 8.58. The van der Waals surface area contributed by atoms with Crippen LogP contribution in [0.25, 0.3) is 10.9 Å². The Balaban J connectivity index is 1.61. The van der Waals surface area contributed by atoms with Gasteiger partial charge in [-0.25, -0.2) is 0 Å². The molecule has 1 aromatic carbocycles. The smallest absolute Gasteiger partial charge is 0.124 e. The van der Waals surface area contributed by atoms with Crippen molar-refractivity contribution in [3.63, 3.8) is 0 Å². The Morgan fingerprint density at radius 1 is 1.36 bits per heavy atom. The molecule has 1 aliphatic carbocycles. The number of rotatable bonds is 4. The Morgan fingerprint density at radius 3 is 2.91 bits per heavy atom. The number of aromatic amines is 1. The predicted octanol–water partition coefficient (Wildman–Crippen LogP) is 4.03. The molecule has 4 rings (SSSR count). The first kappa shape index (κ1) is 13.9. The van der Waals surface area contributed by atoms with Crippen molar-refractivity contribution in [2.45, 2.75) is 32.7 Å². The zero-order valence-electron chi connectivity index (χ0n) is 13.5. The second kappa shape index (κ2) is 5.47. The number of fused-ring (bicyclic) bond motifs is 1. The van der Waals surface area contributed by atoms with E-state index >= 15 is 0 Å². The highest BCUT2D eigenvalue weighted by atomic mass is 16.5. The number of aromatic nitrogens is 1. The van der Waals surface area contributed by atoms with E-state index in [9.17, 15) is 0 Å². The van der Waals surface area contributed by atoms with Gasteiger partial charge in [0.2, 0.25) is 0 Å². The maximum absolute atomic E-state index is 5.66. The largest absolute Gasteiger partial charge is 0.496 e. The molecule has 2 aromatic rings. The van der Waals surface area contributed by atoms with Crippen LogP contribution in [0.4, 0.5) is 0 Å². The van der Waals surface area contributed by atoms with Crippen molar-refractivity contribution < 1.29 is 4.74 Å². The van der Waals surface area contributed by atoms with Gasteiger partial charge in [0.25, 0.3) is 0 Å². The summed E-state index contributed by atoms with van der Waals surface area (Å²) in [6, 6.07) is 4.33. The number of hydrogen-bond acceptors (Lipinski definition) is 2. The molecule has 22 heavy (non-hydrogen) atoms. The molecular formula is C19H24N2O. The molecule has 1 fully saturated rings. The molecule has 1 aliphatic heterocycles. The van der Waals surface area contributed by atoms with Crippen molar-refractivity contribution in [1.82, 2.24) is 9.88 Å². The normalized spacial score (nSPS) is 19.5. The standard InChI is InChI=1S/C19H24N2O/c1-13-11-18(22-2)17(16-5-8-20-19(13)16)12-21-9-6-15(7-10-21)14-3-4-14/h5-6,8,11,14,20H,3-4,7,9-10,12H2,1-2H3. The summed E-state index contributed by atoms with van der Waals surface area (Å²) < 4.78 is 5.66. The van der Waals surface area contributed by atoms with Crippen LogP contribution in [-0.2, 0) is 6.54 Å². The number of aryl methyl sites for hydroxylation is 1. The first-order valence-corrected chi connectivity index (χ1v) is 8.31. The summed E-state index contributed by atoms with van der Waals surface area (Å²) in [7, 11) is 1.78. The molecule has 116 valence electrons. The Labute approximate surface area is 132 Å². The molecule has 1 N–H and O–H groups in total. The summed E-state index contributed by atoms with van der Waals surface area (Å²) in [6.45, 7) is 5.35. The number of methoxy groups -OCH3 is 1. The van der Waals surface area contributed by atoms with Gasteiger partial charge in [-0.15, -0.1) is 0 Å². The minimum absolute atomic E-state index is 0.924. The van der Waals surface area contributed by atoms with Gasteiger partial charge in [0.1, 0.15) is 5.75 Å². The van der Waals surface area contributed by atoms with Crippen molar-refractivity contribution in [2.24, 2.45) is 5.92 Å². The topological polar surface area (TPSA) is 28.3 Å². The highest BCUT2D eigenvalue weighted by Gasteiger charge is 2.28. The molecule has 3 nitrogen and oxygen atoms in total. The van der Waals surface area contributed by atoms with E-state index in [2.05, 4.69) is 35.0 Å². The van der Waals surface area contributed by atoms with Crippen LogP contribution in [0.3, 0.4) is 0 Å². The lowest BCUT2D eigenvalue weighted by Gasteiger charge is -2.27. The van der Waals surface area contributed by atoms with Crippen molar-refractivity contribution in [2.75, 3.05) is 20.2 Å². The molecule has 0 spiro atoms. The number of nitrogens with zero attached hydrogens (tertiary/aromatic N) is 1. The van der Waals surface area contributed by atoms with Gasteiger partial charge in [-0.1, -0.05) is 11.6 Å². The van der Waals surface area contributed by atoms with Gasteiger partial charge in [-0.05, 0) is 49.8 Å². The lowest BCUT2D eigenvalue weighted by atomic mass is 10.0. The second-order valence-corrected chi connectivity index (χ2v) is 6.68. The number of nitrogens with one attached hydrogen (secondary N) is 1. The monoisotopic (exact) mass is 296 g/mol. The highest BCUT2D eigenvalue weighted by molar-refractivity contribution is 5.88. The number of hydrogen-bond donors (Lipinski definition) is 1. The third-order valence-corrected chi connectivity index (χ3v) is 5.14. The minimum Gasteiger partial charge on any atom is -0.496 e. The van der Waals surface area contributed by atoms with Crippen LogP contribution in [-0.4, -0.2) is 30.1 Å². The molecule has 0 saturated heterocycles. The van der Waals surface area contributed by atoms with E-state index in [4.69, 9.17) is 4.74 Å². The fourth-order valence-electron chi connectivity index (χ4n) is 3.70. The fourth-order valence-corrected chi connectivity index (χ4v) is 3.70. The molecule has 3 heteroatoms. The molecule has 0 radical (unpaired) electrons. The van der Waals surface area contributed by atoms with Crippen molar-refractivity contribution in [1.29, 1.82) is 0 Å². The molecule has 2 heterocycles. The lowest BCUT2D eigenvalue weighted by molar-refractivity contribution is 0.279. The van der Waals surface area contributed by atoms with Crippen molar-refractivity contribution in [3.05, 3.63) is 41.1 Å². The van der Waals surface area contributed by atoms with Gasteiger partial charge in [-0.2, -0.15) is 0 Å². The number of H-pyrrole nitrogens is 1. The van der Waals surface area contributed by atoms with Gasteiger partial charge < -0.3 is 9.72 Å². The Kier molecular flexibility index (Phi) is 3.45. The third-order valence-electron chi connectivity index (χ3n) is 5.14. The van der Waals surface area contributed by atoms with E-state index in [-0.39, 0.29) is 0 Å². The maximum atomic E-state index is 5.66. The first-order valence-electron chi connectivity index (χ1n) is 8.31. The van der Waals surface area contributed by atoms with Crippen LogP contribution in [0.5, 0.6) is 5.75 Å². The zero-order chi connectivity index (χ0) is 15.1. The van der Waals surface area contributed by atoms with Crippen molar-refractivity contribution in [3.8, 4) is 5.75 Å². The quantitative estimate of drug-likeness (QED) is 0.863. The van der Waals surface area contributed by atoms with Crippen LogP contribution in [0, 0.1) is 12.8 Å². The first-order chi connectivity index (χ1) is 10.8. The van der Waals surface area contributed by atoms with Crippen LogP contribution in [0.2, 0.25) is 0 Å². The summed E-state index contributed by atoms with van der Waals surface area (Å²) >= 11 is 0. The van der Waals surface area contributed by atoms with E-state index in [1.807, 2.05) is 6.20 Å². The molecule has 1 saturated carbocycles. The van der Waals surface area contributed by atoms with Gasteiger partial charge >= 0.3 is 0 Å². The van der Waals surface area contributed by atoms with Crippen molar-refractivity contribution >= 4 is 10.9 Å². The summed E-state index contributed by atoms with van der Waals surface area (Å²) in [5.74, 6) is 1.94. The number of ether oxygens (including phenoxy) is 1. The van der Waals surface area contributed by atoms with Crippen LogP contribution in [0.1, 0.15) is 30.4 Å². The molecule has 0 unspecified atom stereocenters. The second-order valence-electron chi connectivity index (χ2n) is 6.68. The van der Waals surface area contributed by atoms with E-state index in [0.29, 0.717) is 0 Å². The van der Waals surface area contributed by atoms with E-state index < -0.39 is 0 Å². The van der Waals surface area contributed by atoms with E-state index in [1.54, 1.807) is 12.7 Å². The minimum atomic E-state index is 0.924. The highest BCUT2D eigenvalue weighted by Crippen LogP contribution is 2.39. The van der Waals surface area contributed by atoms with Gasteiger partial charge in [-0.3, -0.25) is 4.90 Å². The molecule has 0 atom stereocenters. The fraction of sp³-hybridized carbons (Fsp3) is 0.474. The average molecular weight is 296 g/mol. The van der Waals surface area contributed by atoms with Gasteiger partial charge in [0.15, 0.2) is 0 Å². The predicted molar refractivity (Wildman–Crippen MR) is 90.3 cm³/mol. The Morgan fingerprint density at radius 2 is 2.23 bits per heavy atom. The maximum Gasteiger partial charge on any atom is 0.124 e. The summed E-state index contributed by atoms with van der Waals surface area (Å²) in [5, 5.41) is 1.30. The van der Waals surface area contributed by atoms with E-state index in [0.717, 1.165) is 24.8 Å². The number of benzene rings is 1. The third kappa shape index (κ3) is 2.44. The summed E-state index contributed by atoms with van der Waals surface area (Å²) in [4.78, 5) is 5.89. The van der Waals surface area contributed by atoms with Crippen LogP contribution in [0.15, 0.2) is 30.0 Å². The molecule has 2 aliphatic rings. The molecule has 0 amide bonds. The lowest BCUT2D eigenvalue weighted by Crippen LogP contribution is -2.28. The molecular weight excluding hydrogens is 272 g/mol. The van der Waals surface area contributed by atoms with Gasteiger partial charge in [0, 0.05) is 42.3 Å². The molecule has 1 aromatic heterocycles. The van der Waals surface area contributed by atoms with Gasteiger partial charge in [0.05, 0.1) is 7.11 Å². The molecule has 0 bridgehead atoms. The van der Waals surface area contributed by atoms with E-state index in [1.165, 1.54) is 47.8 Å². The SMILES string of the molecule is COc1cc(C)c2[nH]ccc2c1CN1CC=C(C2CC2)CC1. The summed E-state index contributed by atoms with van der Waals surface area (Å²) in [5.41, 5.74) is 5.50. The Hall–Kier alpha value is -1.74. The average Bonchev–Trinajstić information content (AvgIpc) is 3.27. The zero-order valence-corrected chi connectivity index (χ0v) is 13.5. The Bertz CT molecular complexity index is 724.